The summed E-state index contributed by atoms with van der Waals surface area (Å²) in [6, 6.07) is 75.1. The molecule has 0 radical (unpaired) electrons. The Labute approximate surface area is 303 Å². The minimum atomic E-state index is 1.09. The summed E-state index contributed by atoms with van der Waals surface area (Å²) in [5.41, 5.74) is 6.66. The summed E-state index contributed by atoms with van der Waals surface area (Å²) in [7, 11) is 0. The van der Waals surface area contributed by atoms with Gasteiger partial charge in [0.15, 0.2) is 0 Å². The summed E-state index contributed by atoms with van der Waals surface area (Å²) in [4.78, 5) is 4.96. The Kier molecular flexibility index (Phi) is 7.18. The van der Waals surface area contributed by atoms with Gasteiger partial charge >= 0.3 is 0 Å². The summed E-state index contributed by atoms with van der Waals surface area (Å²) >= 11 is 0. The highest BCUT2D eigenvalue weighted by atomic mass is 15.2. The van der Waals surface area contributed by atoms with Crippen LogP contribution in [0.15, 0.2) is 206 Å². The van der Waals surface area contributed by atoms with E-state index in [0.29, 0.717) is 0 Å². The second kappa shape index (κ2) is 12.5. The van der Waals surface area contributed by atoms with Gasteiger partial charge in [-0.1, -0.05) is 164 Å². The molecule has 0 aliphatic rings. The van der Waals surface area contributed by atoms with Crippen molar-refractivity contribution < 1.29 is 0 Å². The molecule has 52 heavy (non-hydrogen) atoms. The fourth-order valence-electron chi connectivity index (χ4n) is 7.89. The fourth-order valence-corrected chi connectivity index (χ4v) is 7.89. The summed E-state index contributed by atoms with van der Waals surface area (Å²) in [6.45, 7) is 0. The van der Waals surface area contributed by atoms with Gasteiger partial charge in [0, 0.05) is 27.5 Å². The molecule has 244 valence electrons. The third-order valence-electron chi connectivity index (χ3n) is 10.3. The lowest BCUT2D eigenvalue weighted by Crippen LogP contribution is -2.18. The van der Waals surface area contributed by atoms with E-state index in [9.17, 15) is 0 Å². The maximum Gasteiger partial charge on any atom is 0.0781 e. The fraction of sp³-hybridized carbons (Fsp3) is 0. The monoisotopic (exact) mass is 662 g/mol. The van der Waals surface area contributed by atoms with Gasteiger partial charge in [-0.15, -0.1) is 0 Å². The van der Waals surface area contributed by atoms with Crippen LogP contribution in [0.25, 0.3) is 53.9 Å². The molecule has 0 spiro atoms. The van der Waals surface area contributed by atoms with Gasteiger partial charge in [-0.05, 0) is 80.2 Å². The number of rotatable bonds is 6. The zero-order valence-electron chi connectivity index (χ0n) is 28.5. The van der Waals surface area contributed by atoms with Crippen LogP contribution >= 0.6 is 0 Å². The van der Waals surface area contributed by atoms with Crippen molar-refractivity contribution in [1.29, 1.82) is 0 Å². The maximum absolute atomic E-state index is 2.49. The smallest absolute Gasteiger partial charge is 0.0781 e. The standard InChI is InChI=1S/C50H34N2/c1-3-18-40-33-42(30-27-35(40)13-1)51(47-25-11-20-37-15-5-8-22-44(37)47)49-32-29-39-17-7-10-24-46(39)50(49)52(43-31-28-36-14-2-4-19-41(36)34-43)48-26-12-21-38-16-6-9-23-45(38)48/h1-34H. The summed E-state index contributed by atoms with van der Waals surface area (Å²) in [5.74, 6) is 0. The lowest BCUT2D eigenvalue weighted by Gasteiger charge is -2.35. The van der Waals surface area contributed by atoms with Crippen LogP contribution in [0.3, 0.4) is 0 Å². The topological polar surface area (TPSA) is 6.48 Å². The molecule has 0 aromatic heterocycles. The molecule has 2 nitrogen and oxygen atoms in total. The number of anilines is 6. The molecule has 0 bridgehead atoms. The zero-order chi connectivity index (χ0) is 34.4. The first-order valence-corrected chi connectivity index (χ1v) is 17.9. The van der Waals surface area contributed by atoms with Crippen molar-refractivity contribution >= 4 is 88.0 Å². The number of nitrogens with zero attached hydrogens (tertiary/aromatic N) is 2. The van der Waals surface area contributed by atoms with E-state index in [2.05, 4.69) is 216 Å². The molecule has 10 aromatic rings. The summed E-state index contributed by atoms with van der Waals surface area (Å²) in [5, 5.41) is 12.0. The van der Waals surface area contributed by atoms with Crippen LogP contribution in [0.1, 0.15) is 0 Å². The first-order chi connectivity index (χ1) is 25.8. The Bertz CT molecular complexity index is 2930. The highest BCUT2D eigenvalue weighted by Crippen LogP contribution is 2.51. The minimum absolute atomic E-state index is 1.09. The van der Waals surface area contributed by atoms with E-state index in [1.165, 1.54) is 53.9 Å². The van der Waals surface area contributed by atoms with Gasteiger partial charge in [0.2, 0.25) is 0 Å². The normalized spacial score (nSPS) is 11.5. The third kappa shape index (κ3) is 5.04. The highest BCUT2D eigenvalue weighted by Gasteiger charge is 2.26. The van der Waals surface area contributed by atoms with Crippen molar-refractivity contribution in [1.82, 2.24) is 0 Å². The van der Waals surface area contributed by atoms with Gasteiger partial charge in [-0.25, -0.2) is 0 Å². The SMILES string of the molecule is c1ccc2cc(N(c3ccc4ccccc4c3N(c3ccc4ccccc4c3)c3cccc4ccccc34)c3cccc4ccccc34)ccc2c1. The van der Waals surface area contributed by atoms with E-state index in [0.717, 1.165) is 34.1 Å². The minimum Gasteiger partial charge on any atom is -0.308 e. The molecule has 0 aliphatic carbocycles. The maximum atomic E-state index is 2.49. The molecule has 10 rings (SSSR count). The Hall–Kier alpha value is -6.90. The highest BCUT2D eigenvalue weighted by molar-refractivity contribution is 6.12. The molecule has 0 saturated heterocycles. The largest absolute Gasteiger partial charge is 0.308 e. The van der Waals surface area contributed by atoms with E-state index < -0.39 is 0 Å². The number of benzene rings is 10. The molecular formula is C50H34N2. The van der Waals surface area contributed by atoms with Gasteiger partial charge in [0.25, 0.3) is 0 Å². The number of hydrogen-bond acceptors (Lipinski definition) is 2. The Morgan fingerprint density at radius 1 is 0.231 bits per heavy atom. The third-order valence-corrected chi connectivity index (χ3v) is 10.3. The average Bonchev–Trinajstić information content (AvgIpc) is 3.21. The zero-order valence-corrected chi connectivity index (χ0v) is 28.5. The van der Waals surface area contributed by atoms with Gasteiger partial charge in [-0.3, -0.25) is 0 Å². The van der Waals surface area contributed by atoms with Crippen LogP contribution < -0.4 is 9.80 Å². The van der Waals surface area contributed by atoms with E-state index in [4.69, 9.17) is 0 Å². The van der Waals surface area contributed by atoms with Gasteiger partial charge in [0.05, 0.1) is 22.7 Å². The predicted molar refractivity (Wildman–Crippen MR) is 223 cm³/mol. The lowest BCUT2D eigenvalue weighted by atomic mass is 9.99. The van der Waals surface area contributed by atoms with Gasteiger partial charge < -0.3 is 9.80 Å². The van der Waals surface area contributed by atoms with E-state index in [1.54, 1.807) is 0 Å². The van der Waals surface area contributed by atoms with Gasteiger partial charge in [-0.2, -0.15) is 0 Å². The molecule has 0 unspecified atom stereocenters. The molecule has 0 saturated carbocycles. The van der Waals surface area contributed by atoms with Crippen molar-refractivity contribution in [2.75, 3.05) is 9.80 Å². The van der Waals surface area contributed by atoms with Crippen LogP contribution in [0.5, 0.6) is 0 Å². The molecule has 0 amide bonds. The first-order valence-electron chi connectivity index (χ1n) is 17.9. The number of fused-ring (bicyclic) bond motifs is 5. The van der Waals surface area contributed by atoms with E-state index in [1.807, 2.05) is 0 Å². The molecule has 0 N–H and O–H groups in total. The van der Waals surface area contributed by atoms with Crippen LogP contribution in [0, 0.1) is 0 Å². The first kappa shape index (κ1) is 30.0. The van der Waals surface area contributed by atoms with Gasteiger partial charge in [0.1, 0.15) is 0 Å². The summed E-state index contributed by atoms with van der Waals surface area (Å²) < 4.78 is 0. The number of hydrogen-bond donors (Lipinski definition) is 0. The van der Waals surface area contributed by atoms with Crippen molar-refractivity contribution in [3.63, 3.8) is 0 Å². The molecule has 0 fully saturated rings. The van der Waals surface area contributed by atoms with Crippen molar-refractivity contribution in [2.24, 2.45) is 0 Å². The van der Waals surface area contributed by atoms with Crippen LogP contribution in [0.2, 0.25) is 0 Å². The quantitative estimate of drug-likeness (QED) is 0.175. The molecular weight excluding hydrogens is 629 g/mol. The average molecular weight is 663 g/mol. The Morgan fingerprint density at radius 2 is 0.615 bits per heavy atom. The lowest BCUT2D eigenvalue weighted by molar-refractivity contribution is 1.25. The molecule has 0 heterocycles. The second-order valence-electron chi connectivity index (χ2n) is 13.4. The molecule has 2 heteroatoms. The van der Waals surface area contributed by atoms with E-state index >= 15 is 0 Å². The molecule has 10 aromatic carbocycles. The predicted octanol–water partition coefficient (Wildman–Crippen LogP) is 14.4. The molecule has 0 aliphatic heterocycles. The van der Waals surface area contributed by atoms with Crippen molar-refractivity contribution in [3.05, 3.63) is 206 Å². The van der Waals surface area contributed by atoms with Crippen LogP contribution in [-0.4, -0.2) is 0 Å². The Morgan fingerprint density at radius 3 is 1.17 bits per heavy atom. The molecule has 0 atom stereocenters. The summed E-state index contributed by atoms with van der Waals surface area (Å²) in [6.07, 6.45) is 0. The Balaban J connectivity index is 1.35. The van der Waals surface area contributed by atoms with Crippen molar-refractivity contribution in [2.45, 2.75) is 0 Å². The van der Waals surface area contributed by atoms with Crippen LogP contribution in [-0.2, 0) is 0 Å². The van der Waals surface area contributed by atoms with Crippen molar-refractivity contribution in [3.8, 4) is 0 Å². The van der Waals surface area contributed by atoms with E-state index in [-0.39, 0.29) is 0 Å². The second-order valence-corrected chi connectivity index (χ2v) is 13.4. The van der Waals surface area contributed by atoms with Crippen LogP contribution in [0.4, 0.5) is 34.1 Å².